The Bertz CT molecular complexity index is 1130. The van der Waals surface area contributed by atoms with E-state index < -0.39 is 0 Å². The van der Waals surface area contributed by atoms with Crippen LogP contribution in [0.3, 0.4) is 0 Å². The van der Waals surface area contributed by atoms with Crippen molar-refractivity contribution in [2.24, 2.45) is 0 Å². The fourth-order valence-corrected chi connectivity index (χ4v) is 4.14. The maximum atomic E-state index is 11.2. The third-order valence-electron chi connectivity index (χ3n) is 4.61. The number of nitrogens with zero attached hydrogens (tertiary/aromatic N) is 2. The number of ether oxygens (including phenoxy) is 1. The number of anilines is 1. The Balaban J connectivity index is 1.75. The summed E-state index contributed by atoms with van der Waals surface area (Å²) < 4.78 is 5.49. The van der Waals surface area contributed by atoms with Gasteiger partial charge in [0.05, 0.1) is 12.5 Å². The van der Waals surface area contributed by atoms with Crippen LogP contribution in [0.15, 0.2) is 60.9 Å². The van der Waals surface area contributed by atoms with Gasteiger partial charge >= 0.3 is 0 Å². The van der Waals surface area contributed by atoms with Crippen LogP contribution in [0, 0.1) is 0 Å². The number of rotatable bonds is 6. The first-order chi connectivity index (χ1) is 13.7. The number of methoxy groups -OCH3 is 1. The molecule has 0 radical (unpaired) electrons. The van der Waals surface area contributed by atoms with Gasteiger partial charge in [-0.1, -0.05) is 30.3 Å². The van der Waals surface area contributed by atoms with Crippen LogP contribution in [-0.4, -0.2) is 23.4 Å². The van der Waals surface area contributed by atoms with Crippen LogP contribution >= 0.6 is 11.3 Å². The molecule has 6 heteroatoms. The molecule has 0 aliphatic rings. The summed E-state index contributed by atoms with van der Waals surface area (Å²) in [6.07, 6.45) is 2.41. The molecule has 0 amide bonds. The van der Waals surface area contributed by atoms with Crippen molar-refractivity contribution < 1.29 is 9.53 Å². The molecule has 2 heterocycles. The normalized spacial score (nSPS) is 11.9. The second kappa shape index (κ2) is 7.78. The van der Waals surface area contributed by atoms with Crippen molar-refractivity contribution in [3.8, 4) is 16.2 Å². The van der Waals surface area contributed by atoms with Gasteiger partial charge in [0.25, 0.3) is 0 Å². The highest BCUT2D eigenvalue weighted by atomic mass is 32.1. The zero-order valence-electron chi connectivity index (χ0n) is 15.5. The molecule has 0 aliphatic carbocycles. The molecular formula is C22H19N3O2S. The molecular weight excluding hydrogens is 370 g/mol. The van der Waals surface area contributed by atoms with E-state index in [0.29, 0.717) is 5.56 Å². The Morgan fingerprint density at radius 1 is 1.11 bits per heavy atom. The fraction of sp³-hybridized carbons (Fsp3) is 0.136. The summed E-state index contributed by atoms with van der Waals surface area (Å²) in [7, 11) is 1.63. The van der Waals surface area contributed by atoms with Crippen LogP contribution in [0.5, 0.6) is 5.75 Å². The van der Waals surface area contributed by atoms with Crippen molar-refractivity contribution in [2.75, 3.05) is 12.4 Å². The van der Waals surface area contributed by atoms with E-state index in [-0.39, 0.29) is 6.04 Å². The Labute approximate surface area is 167 Å². The number of carbonyl (C=O) groups excluding carboxylic acids is 1. The summed E-state index contributed by atoms with van der Waals surface area (Å²) in [5, 5.41) is 4.43. The SMILES string of the molecule is COc1ccc(C=O)cc1-c1cc2c(NC(C)c3ccccc3)ncnc2s1. The first-order valence-electron chi connectivity index (χ1n) is 8.89. The summed E-state index contributed by atoms with van der Waals surface area (Å²) in [6.45, 7) is 2.10. The van der Waals surface area contributed by atoms with Crippen LogP contribution < -0.4 is 10.1 Å². The maximum absolute atomic E-state index is 11.2. The molecule has 4 aromatic rings. The van der Waals surface area contributed by atoms with Crippen molar-refractivity contribution in [2.45, 2.75) is 13.0 Å². The van der Waals surface area contributed by atoms with Crippen LogP contribution in [0.1, 0.15) is 28.9 Å². The minimum absolute atomic E-state index is 0.107. The van der Waals surface area contributed by atoms with Gasteiger partial charge in [0, 0.05) is 22.0 Å². The molecule has 1 unspecified atom stereocenters. The molecule has 0 saturated heterocycles. The number of aldehydes is 1. The number of nitrogens with one attached hydrogen (secondary N) is 1. The Hall–Kier alpha value is -3.25. The van der Waals surface area contributed by atoms with Crippen LogP contribution in [0.4, 0.5) is 5.82 Å². The van der Waals surface area contributed by atoms with Crippen molar-refractivity contribution >= 4 is 33.7 Å². The van der Waals surface area contributed by atoms with Gasteiger partial charge in [-0.15, -0.1) is 11.3 Å². The average molecular weight is 389 g/mol. The lowest BCUT2D eigenvalue weighted by molar-refractivity contribution is 0.112. The lowest BCUT2D eigenvalue weighted by Gasteiger charge is -2.15. The highest BCUT2D eigenvalue weighted by molar-refractivity contribution is 7.22. The molecule has 1 N–H and O–H groups in total. The molecule has 2 aromatic heterocycles. The van der Waals surface area contributed by atoms with Gasteiger partial charge in [-0.05, 0) is 36.8 Å². The zero-order chi connectivity index (χ0) is 19.5. The lowest BCUT2D eigenvalue weighted by Crippen LogP contribution is -2.08. The average Bonchev–Trinajstić information content (AvgIpc) is 3.19. The van der Waals surface area contributed by atoms with Gasteiger partial charge in [0.1, 0.15) is 29.0 Å². The van der Waals surface area contributed by atoms with Crippen LogP contribution in [-0.2, 0) is 0 Å². The molecule has 2 aromatic carbocycles. The van der Waals surface area contributed by atoms with E-state index in [4.69, 9.17) is 4.74 Å². The Kier molecular flexibility index (Phi) is 5.04. The van der Waals surface area contributed by atoms with Gasteiger partial charge in [0.2, 0.25) is 0 Å². The number of hydrogen-bond donors (Lipinski definition) is 1. The topological polar surface area (TPSA) is 64.1 Å². The highest BCUT2D eigenvalue weighted by Gasteiger charge is 2.15. The van der Waals surface area contributed by atoms with E-state index in [1.54, 1.807) is 30.8 Å². The number of carbonyl (C=O) groups is 1. The monoisotopic (exact) mass is 389 g/mol. The number of aromatic nitrogens is 2. The van der Waals surface area contributed by atoms with Gasteiger partial charge < -0.3 is 10.1 Å². The highest BCUT2D eigenvalue weighted by Crippen LogP contribution is 2.40. The predicted molar refractivity (Wildman–Crippen MR) is 113 cm³/mol. The number of fused-ring (bicyclic) bond motifs is 1. The summed E-state index contributed by atoms with van der Waals surface area (Å²) in [5.41, 5.74) is 2.66. The van der Waals surface area contributed by atoms with Gasteiger partial charge in [-0.3, -0.25) is 4.79 Å². The number of thiophene rings is 1. The molecule has 0 fully saturated rings. The standard InChI is InChI=1S/C22H19N3O2S/c1-14(16-6-4-3-5-7-16)25-21-18-11-20(28-22(18)24-13-23-21)17-10-15(12-26)8-9-19(17)27-2/h3-14H,1-2H3,(H,23,24,25). The van der Waals surface area contributed by atoms with E-state index in [0.717, 1.165) is 38.5 Å². The van der Waals surface area contributed by atoms with Crippen molar-refractivity contribution in [1.29, 1.82) is 0 Å². The predicted octanol–water partition coefficient (Wildman–Crippen LogP) is 5.35. The van der Waals surface area contributed by atoms with Gasteiger partial charge in [0.15, 0.2) is 0 Å². The van der Waals surface area contributed by atoms with E-state index in [1.165, 1.54) is 5.56 Å². The molecule has 5 nitrogen and oxygen atoms in total. The van der Waals surface area contributed by atoms with E-state index in [1.807, 2.05) is 36.4 Å². The zero-order valence-corrected chi connectivity index (χ0v) is 16.4. The Morgan fingerprint density at radius 3 is 2.68 bits per heavy atom. The van der Waals surface area contributed by atoms with Crippen molar-refractivity contribution in [3.05, 3.63) is 72.1 Å². The van der Waals surface area contributed by atoms with Crippen LogP contribution in [0.25, 0.3) is 20.7 Å². The molecule has 4 rings (SSSR count). The second-order valence-electron chi connectivity index (χ2n) is 6.41. The van der Waals surface area contributed by atoms with Gasteiger partial charge in [-0.2, -0.15) is 0 Å². The van der Waals surface area contributed by atoms with Gasteiger partial charge in [-0.25, -0.2) is 9.97 Å². The molecule has 28 heavy (non-hydrogen) atoms. The molecule has 0 spiro atoms. The minimum atomic E-state index is 0.107. The largest absolute Gasteiger partial charge is 0.496 e. The molecule has 0 aliphatic heterocycles. The first-order valence-corrected chi connectivity index (χ1v) is 9.71. The quantitative estimate of drug-likeness (QED) is 0.450. The third-order valence-corrected chi connectivity index (χ3v) is 5.68. The molecule has 0 saturated carbocycles. The van der Waals surface area contributed by atoms with Crippen molar-refractivity contribution in [3.63, 3.8) is 0 Å². The lowest BCUT2D eigenvalue weighted by atomic mass is 10.1. The smallest absolute Gasteiger partial charge is 0.150 e. The maximum Gasteiger partial charge on any atom is 0.150 e. The molecule has 0 bridgehead atoms. The molecule has 1 atom stereocenters. The summed E-state index contributed by atoms with van der Waals surface area (Å²) in [4.78, 5) is 21.9. The summed E-state index contributed by atoms with van der Waals surface area (Å²) in [6, 6.07) is 17.8. The Morgan fingerprint density at radius 2 is 1.93 bits per heavy atom. The minimum Gasteiger partial charge on any atom is -0.496 e. The fourth-order valence-electron chi connectivity index (χ4n) is 3.12. The summed E-state index contributed by atoms with van der Waals surface area (Å²) >= 11 is 1.55. The third kappa shape index (κ3) is 3.46. The van der Waals surface area contributed by atoms with E-state index in [9.17, 15) is 4.79 Å². The number of hydrogen-bond acceptors (Lipinski definition) is 6. The van der Waals surface area contributed by atoms with Crippen molar-refractivity contribution in [1.82, 2.24) is 9.97 Å². The number of benzene rings is 2. The summed E-state index contributed by atoms with van der Waals surface area (Å²) in [5.74, 6) is 1.51. The second-order valence-corrected chi connectivity index (χ2v) is 7.44. The van der Waals surface area contributed by atoms with E-state index >= 15 is 0 Å². The molecule has 140 valence electrons. The van der Waals surface area contributed by atoms with Crippen LogP contribution in [0.2, 0.25) is 0 Å². The van der Waals surface area contributed by atoms with E-state index in [2.05, 4.69) is 34.3 Å². The first kappa shape index (κ1) is 18.1.